The molecule has 1 unspecified atom stereocenters. The molecule has 0 spiro atoms. The van der Waals surface area contributed by atoms with Crippen molar-refractivity contribution in [1.29, 1.82) is 0 Å². The Balaban J connectivity index is 1.76. The molecule has 3 rings (SSSR count). The number of hydrogen-bond acceptors (Lipinski definition) is 6. The van der Waals surface area contributed by atoms with Gasteiger partial charge in [0.2, 0.25) is 15.9 Å². The monoisotopic (exact) mass is 420 g/mol. The van der Waals surface area contributed by atoms with Gasteiger partial charge in [-0.1, -0.05) is 0 Å². The van der Waals surface area contributed by atoms with Crippen molar-refractivity contribution in [2.45, 2.75) is 24.3 Å². The van der Waals surface area contributed by atoms with Crippen molar-refractivity contribution in [3.8, 4) is 17.2 Å². The van der Waals surface area contributed by atoms with Crippen LogP contribution in [0.3, 0.4) is 0 Å². The van der Waals surface area contributed by atoms with Gasteiger partial charge in [0.1, 0.15) is 22.1 Å². The molecule has 1 aliphatic rings. The van der Waals surface area contributed by atoms with Crippen LogP contribution in [-0.2, 0) is 14.8 Å². The summed E-state index contributed by atoms with van der Waals surface area (Å²) in [6, 6.07) is 11.1. The molecule has 1 N–H and O–H groups in total. The van der Waals surface area contributed by atoms with Gasteiger partial charge < -0.3 is 19.1 Å². The van der Waals surface area contributed by atoms with Crippen molar-refractivity contribution in [3.05, 3.63) is 42.5 Å². The first-order valence-electron chi connectivity index (χ1n) is 9.15. The molecule has 1 aliphatic heterocycles. The quantitative estimate of drug-likeness (QED) is 0.704. The van der Waals surface area contributed by atoms with Crippen molar-refractivity contribution in [2.75, 3.05) is 32.3 Å². The van der Waals surface area contributed by atoms with Gasteiger partial charge >= 0.3 is 0 Å². The van der Waals surface area contributed by atoms with Gasteiger partial charge in [0.25, 0.3) is 0 Å². The summed E-state index contributed by atoms with van der Waals surface area (Å²) in [7, 11) is -1.07. The molecular formula is C20H24N2O6S. The Morgan fingerprint density at radius 3 is 2.38 bits per heavy atom. The van der Waals surface area contributed by atoms with Gasteiger partial charge in [-0.05, 0) is 43.3 Å². The summed E-state index contributed by atoms with van der Waals surface area (Å²) in [6.07, 6.45) is 0.0682. The Kier molecular flexibility index (Phi) is 6.29. The smallest absolute Gasteiger partial charge is 0.244 e. The van der Waals surface area contributed by atoms with E-state index in [1.165, 1.54) is 26.4 Å². The normalized spacial score (nSPS) is 16.7. The highest BCUT2D eigenvalue weighted by molar-refractivity contribution is 7.89. The lowest BCUT2D eigenvalue weighted by Gasteiger charge is -2.18. The fourth-order valence-corrected chi connectivity index (χ4v) is 4.61. The minimum Gasteiger partial charge on any atom is -0.497 e. The summed E-state index contributed by atoms with van der Waals surface area (Å²) < 4.78 is 44.1. The molecule has 2 aromatic rings. The van der Waals surface area contributed by atoms with Crippen LogP contribution < -0.4 is 23.8 Å². The van der Waals surface area contributed by atoms with Crippen molar-refractivity contribution >= 4 is 21.6 Å². The van der Waals surface area contributed by atoms with Gasteiger partial charge in [0, 0.05) is 30.8 Å². The van der Waals surface area contributed by atoms with Crippen molar-refractivity contribution in [2.24, 2.45) is 0 Å². The van der Waals surface area contributed by atoms with Crippen LogP contribution in [0.25, 0.3) is 0 Å². The molecule has 1 atom stereocenters. The van der Waals surface area contributed by atoms with E-state index in [-0.39, 0.29) is 29.5 Å². The number of nitrogens with one attached hydrogen (secondary N) is 1. The number of rotatable bonds is 8. The molecule has 2 aromatic carbocycles. The minimum absolute atomic E-state index is 0.0358. The highest BCUT2D eigenvalue weighted by Gasteiger charge is 2.34. The van der Waals surface area contributed by atoms with Crippen LogP contribution in [0.5, 0.6) is 17.2 Å². The number of carbonyl (C=O) groups excluding carboxylic acids is 1. The second-order valence-corrected chi connectivity index (χ2v) is 8.15. The number of hydrogen-bond donors (Lipinski definition) is 1. The molecule has 0 saturated carbocycles. The largest absolute Gasteiger partial charge is 0.497 e. The number of methoxy groups -OCH3 is 2. The third-order valence-corrected chi connectivity index (χ3v) is 6.11. The maximum Gasteiger partial charge on any atom is 0.244 e. The summed E-state index contributed by atoms with van der Waals surface area (Å²) in [5.41, 5.74) is 0.694. The van der Waals surface area contributed by atoms with E-state index in [9.17, 15) is 13.2 Å². The summed E-state index contributed by atoms with van der Waals surface area (Å²) in [5.74, 6) is 1.15. The Bertz CT molecular complexity index is 975. The number of amides is 1. The summed E-state index contributed by atoms with van der Waals surface area (Å²) in [6.45, 7) is 2.68. The van der Waals surface area contributed by atoms with E-state index in [0.29, 0.717) is 23.8 Å². The van der Waals surface area contributed by atoms with E-state index in [2.05, 4.69) is 4.72 Å². The van der Waals surface area contributed by atoms with Crippen molar-refractivity contribution in [1.82, 2.24) is 4.72 Å². The van der Waals surface area contributed by atoms with Crippen LogP contribution in [0.15, 0.2) is 47.4 Å². The lowest BCUT2D eigenvalue weighted by molar-refractivity contribution is -0.117. The third-order valence-electron chi connectivity index (χ3n) is 4.57. The van der Waals surface area contributed by atoms with Gasteiger partial charge in [-0.25, -0.2) is 13.1 Å². The average molecular weight is 420 g/mol. The number of carbonyl (C=O) groups is 1. The van der Waals surface area contributed by atoms with Gasteiger partial charge in [-0.15, -0.1) is 0 Å². The van der Waals surface area contributed by atoms with E-state index in [4.69, 9.17) is 14.2 Å². The second-order valence-electron chi connectivity index (χ2n) is 6.47. The maximum absolute atomic E-state index is 12.9. The Labute approximate surface area is 170 Å². The van der Waals surface area contributed by atoms with Gasteiger partial charge in [-0.2, -0.15) is 0 Å². The summed E-state index contributed by atoms with van der Waals surface area (Å²) >= 11 is 0. The maximum atomic E-state index is 12.9. The Morgan fingerprint density at radius 1 is 1.07 bits per heavy atom. The van der Waals surface area contributed by atoms with Gasteiger partial charge in [-0.3, -0.25) is 4.79 Å². The topological polar surface area (TPSA) is 94.2 Å². The van der Waals surface area contributed by atoms with Crippen molar-refractivity contribution < 1.29 is 27.4 Å². The van der Waals surface area contributed by atoms with Gasteiger partial charge in [0.05, 0.1) is 20.8 Å². The number of ether oxygens (including phenoxy) is 3. The first-order valence-corrected chi connectivity index (χ1v) is 10.6. The number of nitrogens with zero attached hydrogens (tertiary/aromatic N) is 1. The zero-order chi connectivity index (χ0) is 21.0. The molecule has 1 fully saturated rings. The third kappa shape index (κ3) is 4.63. The number of benzene rings is 2. The van der Waals surface area contributed by atoms with Crippen LogP contribution in [-0.4, -0.2) is 47.7 Å². The lowest BCUT2D eigenvalue weighted by Crippen LogP contribution is -2.37. The average Bonchev–Trinajstić information content (AvgIpc) is 3.07. The molecule has 0 aliphatic carbocycles. The Hall–Kier alpha value is -2.78. The first-order chi connectivity index (χ1) is 13.9. The fourth-order valence-electron chi connectivity index (χ4n) is 3.20. The van der Waals surface area contributed by atoms with Gasteiger partial charge in [0.15, 0.2) is 0 Å². The highest BCUT2D eigenvalue weighted by Crippen LogP contribution is 2.30. The molecule has 1 saturated heterocycles. The molecule has 0 aromatic heterocycles. The summed E-state index contributed by atoms with van der Waals surface area (Å²) in [5, 5.41) is 0. The van der Waals surface area contributed by atoms with Crippen LogP contribution in [0.2, 0.25) is 0 Å². The highest BCUT2D eigenvalue weighted by atomic mass is 32.2. The molecule has 0 bridgehead atoms. The number of sulfonamides is 1. The SMILES string of the molecule is CCOc1ccc(N2CC(NS(=O)(=O)c3cc(OC)ccc3OC)CC2=O)cc1. The molecule has 9 heteroatoms. The van der Waals surface area contributed by atoms with Crippen LogP contribution in [0.1, 0.15) is 13.3 Å². The minimum atomic E-state index is -3.92. The molecule has 8 nitrogen and oxygen atoms in total. The van der Waals surface area contributed by atoms with E-state index >= 15 is 0 Å². The molecule has 29 heavy (non-hydrogen) atoms. The second kappa shape index (κ2) is 8.71. The van der Waals surface area contributed by atoms with E-state index in [1.54, 1.807) is 35.2 Å². The molecule has 1 heterocycles. The standard InChI is InChI=1S/C20H24N2O6S/c1-4-28-16-7-5-15(6-8-16)22-13-14(11-20(22)23)21-29(24,25)19-12-17(26-2)9-10-18(19)27-3/h5-10,12,14,21H,4,11,13H2,1-3H3. The van der Waals surface area contributed by atoms with Crippen LogP contribution in [0, 0.1) is 0 Å². The predicted molar refractivity (Wildman–Crippen MR) is 108 cm³/mol. The molecule has 0 radical (unpaired) electrons. The first kappa shape index (κ1) is 20.9. The van der Waals surface area contributed by atoms with Crippen LogP contribution in [0.4, 0.5) is 5.69 Å². The number of anilines is 1. The van der Waals surface area contributed by atoms with E-state index in [1.807, 2.05) is 6.92 Å². The fraction of sp³-hybridized carbons (Fsp3) is 0.350. The Morgan fingerprint density at radius 2 is 1.76 bits per heavy atom. The molecule has 156 valence electrons. The van der Waals surface area contributed by atoms with E-state index < -0.39 is 16.1 Å². The molecule has 1 amide bonds. The van der Waals surface area contributed by atoms with E-state index in [0.717, 1.165) is 0 Å². The lowest BCUT2D eigenvalue weighted by atomic mass is 10.3. The van der Waals surface area contributed by atoms with Crippen molar-refractivity contribution in [3.63, 3.8) is 0 Å². The zero-order valence-electron chi connectivity index (χ0n) is 16.5. The zero-order valence-corrected chi connectivity index (χ0v) is 17.4. The molecular weight excluding hydrogens is 396 g/mol. The predicted octanol–water partition coefficient (Wildman–Crippen LogP) is 2.19. The van der Waals surface area contributed by atoms with Crippen LogP contribution >= 0.6 is 0 Å². The summed E-state index contributed by atoms with van der Waals surface area (Å²) in [4.78, 5) is 14.0.